The van der Waals surface area contributed by atoms with Gasteiger partial charge in [0.25, 0.3) is 5.91 Å². The van der Waals surface area contributed by atoms with Crippen LogP contribution in [-0.2, 0) is 33.1 Å². The average molecular weight is 640 g/mol. The van der Waals surface area contributed by atoms with Gasteiger partial charge in [0.05, 0.1) is 25.9 Å². The van der Waals surface area contributed by atoms with Crippen LogP contribution in [0.15, 0.2) is 84.9 Å². The molecule has 0 radical (unpaired) electrons. The second kappa shape index (κ2) is 15.4. The third-order valence-corrected chi connectivity index (χ3v) is 9.18. The van der Waals surface area contributed by atoms with Crippen LogP contribution >= 0.6 is 0 Å². The van der Waals surface area contributed by atoms with E-state index in [4.69, 9.17) is 4.74 Å². The van der Waals surface area contributed by atoms with E-state index in [2.05, 4.69) is 0 Å². The Labute approximate surface area is 277 Å². The first-order chi connectivity index (χ1) is 22.8. The number of ether oxygens (including phenoxy) is 1. The topological polar surface area (TPSA) is 111 Å². The molecule has 3 aromatic carbocycles. The Morgan fingerprint density at radius 1 is 1.00 bits per heavy atom. The Morgan fingerprint density at radius 2 is 1.77 bits per heavy atom. The van der Waals surface area contributed by atoms with E-state index < -0.39 is 17.4 Å². The number of aliphatic hydroxyl groups excluding tert-OH is 1. The number of nitrogens with zero attached hydrogens (tertiary/aromatic N) is 3. The molecule has 1 fully saturated rings. The molecule has 2 heterocycles. The first-order valence-corrected chi connectivity index (χ1v) is 16.5. The van der Waals surface area contributed by atoms with Gasteiger partial charge in [-0.15, -0.1) is 0 Å². The van der Waals surface area contributed by atoms with Gasteiger partial charge in [0, 0.05) is 49.6 Å². The van der Waals surface area contributed by atoms with Gasteiger partial charge >= 0.3 is 0 Å². The number of aliphatic hydroxyl groups is 2. The lowest BCUT2D eigenvalue weighted by Gasteiger charge is -2.28. The average Bonchev–Trinajstić information content (AvgIpc) is 3.28. The lowest BCUT2D eigenvalue weighted by molar-refractivity contribution is -0.139. The number of methoxy groups -OCH3 is 1. The molecule has 2 N–H and O–H groups in total. The number of carbonyl (C=O) groups is 3. The lowest BCUT2D eigenvalue weighted by Crippen LogP contribution is -2.44. The molecule has 0 aromatic heterocycles. The van der Waals surface area contributed by atoms with E-state index in [9.17, 15) is 24.6 Å². The Hall–Kier alpha value is -4.47. The molecule has 9 heteroatoms. The number of fused-ring (bicyclic) bond motifs is 1. The summed E-state index contributed by atoms with van der Waals surface area (Å²) in [7, 11) is 1.54. The molecule has 47 heavy (non-hydrogen) atoms. The Kier molecular flexibility index (Phi) is 11.1. The number of carbonyl (C=O) groups excluding carboxylic acids is 3. The van der Waals surface area contributed by atoms with E-state index in [1.165, 1.54) is 7.11 Å². The van der Waals surface area contributed by atoms with Crippen LogP contribution in [0.1, 0.15) is 62.1 Å². The van der Waals surface area contributed by atoms with Crippen LogP contribution in [0.3, 0.4) is 0 Å². The molecule has 5 rings (SSSR count). The summed E-state index contributed by atoms with van der Waals surface area (Å²) < 4.78 is 5.46. The number of anilines is 2. The van der Waals surface area contributed by atoms with Gasteiger partial charge in [0.2, 0.25) is 11.8 Å². The minimum absolute atomic E-state index is 0.0537. The molecule has 0 saturated carbocycles. The molecule has 248 valence electrons. The van der Waals surface area contributed by atoms with Crippen molar-refractivity contribution in [3.63, 3.8) is 0 Å². The van der Waals surface area contributed by atoms with Crippen molar-refractivity contribution in [2.24, 2.45) is 5.92 Å². The second-order valence-electron chi connectivity index (χ2n) is 12.4. The van der Waals surface area contributed by atoms with E-state index in [0.29, 0.717) is 36.5 Å². The normalized spacial score (nSPS) is 19.0. The van der Waals surface area contributed by atoms with E-state index in [1.807, 2.05) is 59.5 Å². The Balaban J connectivity index is 1.35. The van der Waals surface area contributed by atoms with Gasteiger partial charge in [-0.2, -0.15) is 0 Å². The molecule has 1 saturated heterocycles. The summed E-state index contributed by atoms with van der Waals surface area (Å²) in [4.78, 5) is 45.2. The maximum atomic E-state index is 14.2. The zero-order valence-corrected chi connectivity index (χ0v) is 27.3. The van der Waals surface area contributed by atoms with E-state index in [1.54, 1.807) is 47.1 Å². The summed E-state index contributed by atoms with van der Waals surface area (Å²) in [5, 5.41) is 21.7. The van der Waals surface area contributed by atoms with Crippen LogP contribution in [0.2, 0.25) is 0 Å². The van der Waals surface area contributed by atoms with Gasteiger partial charge in [0.1, 0.15) is 5.75 Å². The largest absolute Gasteiger partial charge is 0.497 e. The van der Waals surface area contributed by atoms with Crippen molar-refractivity contribution in [1.29, 1.82) is 0 Å². The fraction of sp³-hybridized carbons (Fsp3) is 0.395. The van der Waals surface area contributed by atoms with Crippen LogP contribution in [0, 0.1) is 5.92 Å². The fourth-order valence-corrected chi connectivity index (χ4v) is 6.51. The van der Waals surface area contributed by atoms with Crippen LogP contribution < -0.4 is 14.5 Å². The highest BCUT2D eigenvalue weighted by molar-refractivity contribution is 6.07. The minimum atomic E-state index is -1.89. The number of benzene rings is 3. The predicted octanol–water partition coefficient (Wildman–Crippen LogP) is 5.33. The Bertz CT molecular complexity index is 1590. The molecule has 2 atom stereocenters. The summed E-state index contributed by atoms with van der Waals surface area (Å²) in [5.74, 6) is -0.684. The molecule has 9 nitrogen and oxygen atoms in total. The minimum Gasteiger partial charge on any atom is -0.497 e. The quantitative estimate of drug-likeness (QED) is 0.259. The predicted molar refractivity (Wildman–Crippen MR) is 182 cm³/mol. The molecule has 0 bridgehead atoms. The maximum Gasteiger partial charge on any atom is 0.264 e. The van der Waals surface area contributed by atoms with Gasteiger partial charge < -0.3 is 29.6 Å². The first kappa shape index (κ1) is 33.9. The molecule has 0 unspecified atom stereocenters. The Morgan fingerprint density at radius 3 is 2.53 bits per heavy atom. The number of hydrogen-bond acceptors (Lipinski definition) is 6. The molecule has 2 aliphatic heterocycles. The first-order valence-electron chi connectivity index (χ1n) is 16.5. The van der Waals surface area contributed by atoms with Crippen molar-refractivity contribution in [1.82, 2.24) is 4.90 Å². The van der Waals surface area contributed by atoms with Crippen molar-refractivity contribution in [2.45, 2.75) is 64.1 Å². The zero-order valence-electron chi connectivity index (χ0n) is 27.3. The van der Waals surface area contributed by atoms with Gasteiger partial charge in [-0.3, -0.25) is 14.4 Å². The zero-order chi connectivity index (χ0) is 33.4. The molecule has 0 spiro atoms. The van der Waals surface area contributed by atoms with Crippen molar-refractivity contribution < 1.29 is 29.3 Å². The number of hydrogen-bond donors (Lipinski definition) is 2. The summed E-state index contributed by atoms with van der Waals surface area (Å²) in [6.07, 6.45) is 7.98. The maximum absolute atomic E-state index is 14.2. The summed E-state index contributed by atoms with van der Waals surface area (Å²) in [6, 6.07) is 22.5. The molecule has 3 amide bonds. The van der Waals surface area contributed by atoms with Gasteiger partial charge in [-0.1, -0.05) is 74.4 Å². The van der Waals surface area contributed by atoms with Crippen molar-refractivity contribution in [3.8, 4) is 5.75 Å². The highest BCUT2D eigenvalue weighted by atomic mass is 16.5. The highest BCUT2D eigenvalue weighted by Crippen LogP contribution is 2.47. The molecule has 3 aromatic rings. The fourth-order valence-electron chi connectivity index (χ4n) is 6.51. The van der Waals surface area contributed by atoms with E-state index in [0.717, 1.165) is 42.5 Å². The SMILES string of the molecule is COc1ccc2c(c1)[C@@](O)([C@H](C)/C=C/CC(=O)N(CCO)Cc1ccccc1)C(=O)N2Cc1cccc(N2CCCCCCC2=O)c1. The highest BCUT2D eigenvalue weighted by Gasteiger charge is 2.52. The van der Waals surface area contributed by atoms with Crippen LogP contribution in [0.25, 0.3) is 0 Å². The molecule has 0 aliphatic carbocycles. The lowest BCUT2D eigenvalue weighted by atomic mass is 9.83. The van der Waals surface area contributed by atoms with E-state index in [-0.39, 0.29) is 37.9 Å². The summed E-state index contributed by atoms with van der Waals surface area (Å²) >= 11 is 0. The van der Waals surface area contributed by atoms with Crippen LogP contribution in [0.4, 0.5) is 11.4 Å². The van der Waals surface area contributed by atoms with Crippen molar-refractivity contribution in [3.05, 3.63) is 102 Å². The standard InChI is InChI=1S/C38H45N3O6/c1-28(12-10-18-35(43)39(22-23-42)26-29-13-6-5-7-14-29)38(46)33-25-32(47-2)19-20-34(33)41(37(38)45)27-30-15-11-16-31(24-30)40-21-9-4-3-8-17-36(40)44/h5-7,10-16,19-20,24-25,28,42,46H,3-4,8-9,17-18,21-23,26-27H2,1-2H3/b12-10+/t28-,38+/m1/s1. The van der Waals surface area contributed by atoms with Gasteiger partial charge in [0.15, 0.2) is 5.60 Å². The molecule has 2 aliphatic rings. The van der Waals surface area contributed by atoms with E-state index >= 15 is 0 Å². The smallest absolute Gasteiger partial charge is 0.264 e. The monoisotopic (exact) mass is 639 g/mol. The molecular formula is C38H45N3O6. The number of amides is 3. The van der Waals surface area contributed by atoms with Crippen LogP contribution in [-0.4, -0.2) is 59.6 Å². The van der Waals surface area contributed by atoms with Gasteiger partial charge in [-0.25, -0.2) is 0 Å². The van der Waals surface area contributed by atoms with Crippen molar-refractivity contribution in [2.75, 3.05) is 36.6 Å². The van der Waals surface area contributed by atoms with Crippen LogP contribution in [0.5, 0.6) is 5.75 Å². The van der Waals surface area contributed by atoms with Crippen molar-refractivity contribution >= 4 is 29.1 Å². The summed E-state index contributed by atoms with van der Waals surface area (Å²) in [5.41, 5.74) is 1.74. The molecular weight excluding hydrogens is 594 g/mol. The summed E-state index contributed by atoms with van der Waals surface area (Å²) in [6.45, 7) is 3.06. The third kappa shape index (κ3) is 7.58. The number of rotatable bonds is 12. The second-order valence-corrected chi connectivity index (χ2v) is 12.4. The third-order valence-electron chi connectivity index (χ3n) is 9.18. The van der Waals surface area contributed by atoms with Gasteiger partial charge in [-0.05, 0) is 54.3 Å².